The molecule has 1 aromatic heterocycles. The molecular formula is C17H20N2O3S. The van der Waals surface area contributed by atoms with Crippen LogP contribution < -0.4 is 5.32 Å². The van der Waals surface area contributed by atoms with Crippen molar-refractivity contribution in [1.29, 1.82) is 0 Å². The first-order chi connectivity index (χ1) is 11.1. The van der Waals surface area contributed by atoms with Crippen LogP contribution in [-0.4, -0.2) is 28.5 Å². The van der Waals surface area contributed by atoms with Gasteiger partial charge < -0.3 is 10.4 Å². The van der Waals surface area contributed by atoms with Crippen LogP contribution in [0, 0.1) is 0 Å². The second-order valence-corrected chi connectivity index (χ2v) is 6.32. The number of hydrogen-bond donors (Lipinski definition) is 2. The summed E-state index contributed by atoms with van der Waals surface area (Å²) in [5, 5.41) is 13.9. The third kappa shape index (κ3) is 5.49. The molecule has 0 aliphatic carbocycles. The summed E-state index contributed by atoms with van der Waals surface area (Å²) in [6.45, 7) is 2.59. The first-order valence-corrected chi connectivity index (χ1v) is 8.43. The van der Waals surface area contributed by atoms with Crippen LogP contribution in [0.4, 0.5) is 0 Å². The van der Waals surface area contributed by atoms with Crippen molar-refractivity contribution in [3.63, 3.8) is 0 Å². The molecule has 0 bridgehead atoms. The summed E-state index contributed by atoms with van der Waals surface area (Å²) in [7, 11) is 0. The molecule has 0 radical (unpaired) electrons. The largest absolute Gasteiger partial charge is 0.476 e. The van der Waals surface area contributed by atoms with Gasteiger partial charge in [0.15, 0.2) is 5.69 Å². The van der Waals surface area contributed by atoms with Crippen molar-refractivity contribution in [3.05, 3.63) is 52.0 Å². The number of nitrogens with zero attached hydrogens (tertiary/aromatic N) is 1. The van der Waals surface area contributed by atoms with Crippen molar-refractivity contribution >= 4 is 23.2 Å². The number of nitrogens with one attached hydrogen (secondary N) is 1. The summed E-state index contributed by atoms with van der Waals surface area (Å²) < 4.78 is 0. The van der Waals surface area contributed by atoms with Crippen LogP contribution in [0.2, 0.25) is 0 Å². The van der Waals surface area contributed by atoms with Crippen molar-refractivity contribution in [2.75, 3.05) is 6.54 Å². The molecule has 122 valence electrons. The predicted octanol–water partition coefficient (Wildman–Crippen LogP) is 3.08. The van der Waals surface area contributed by atoms with E-state index in [0.29, 0.717) is 25.3 Å². The van der Waals surface area contributed by atoms with E-state index in [0.717, 1.165) is 11.4 Å². The maximum Gasteiger partial charge on any atom is 0.355 e. The Balaban J connectivity index is 1.68. The van der Waals surface area contributed by atoms with E-state index in [-0.39, 0.29) is 11.6 Å². The number of amides is 1. The number of thiazole rings is 1. The number of carbonyl (C=O) groups excluding carboxylic acids is 1. The van der Waals surface area contributed by atoms with Crippen molar-refractivity contribution in [1.82, 2.24) is 10.3 Å². The van der Waals surface area contributed by atoms with Gasteiger partial charge in [-0.2, -0.15) is 0 Å². The number of rotatable bonds is 8. The average molecular weight is 332 g/mol. The monoisotopic (exact) mass is 332 g/mol. The number of hydrogen-bond acceptors (Lipinski definition) is 4. The Morgan fingerprint density at radius 3 is 2.70 bits per heavy atom. The molecule has 2 rings (SSSR count). The van der Waals surface area contributed by atoms with E-state index in [1.165, 1.54) is 22.3 Å². The number of aromatic carboxylic acids is 1. The molecule has 2 N–H and O–H groups in total. The van der Waals surface area contributed by atoms with Crippen LogP contribution >= 0.6 is 11.3 Å². The molecule has 0 saturated carbocycles. The normalized spacial score (nSPS) is 11.9. The summed E-state index contributed by atoms with van der Waals surface area (Å²) in [4.78, 5) is 26.6. The molecular weight excluding hydrogens is 312 g/mol. The molecule has 1 heterocycles. The molecule has 1 unspecified atom stereocenters. The third-order valence-corrected chi connectivity index (χ3v) is 4.51. The van der Waals surface area contributed by atoms with Gasteiger partial charge in [0.25, 0.3) is 0 Å². The summed E-state index contributed by atoms with van der Waals surface area (Å²) >= 11 is 1.30. The number of carboxylic acid groups (broad SMARTS) is 1. The highest BCUT2D eigenvalue weighted by atomic mass is 32.1. The maximum atomic E-state index is 11.9. The van der Waals surface area contributed by atoms with E-state index < -0.39 is 5.97 Å². The van der Waals surface area contributed by atoms with E-state index in [9.17, 15) is 9.59 Å². The van der Waals surface area contributed by atoms with E-state index in [1.807, 2.05) is 18.2 Å². The van der Waals surface area contributed by atoms with Gasteiger partial charge in [0.2, 0.25) is 5.91 Å². The first-order valence-electron chi connectivity index (χ1n) is 7.55. The fourth-order valence-corrected chi connectivity index (χ4v) is 2.99. The topological polar surface area (TPSA) is 79.3 Å². The molecule has 23 heavy (non-hydrogen) atoms. The van der Waals surface area contributed by atoms with Gasteiger partial charge in [-0.25, -0.2) is 9.78 Å². The Bertz CT molecular complexity index is 655. The van der Waals surface area contributed by atoms with Gasteiger partial charge in [-0.05, 0) is 17.9 Å². The first kappa shape index (κ1) is 17.1. The SMILES string of the molecule is CC(CCC(=O)NCCc1nc(C(=O)O)cs1)c1ccccc1. The van der Waals surface area contributed by atoms with Gasteiger partial charge in [-0.1, -0.05) is 37.3 Å². The fraction of sp³-hybridized carbons (Fsp3) is 0.353. The number of aromatic nitrogens is 1. The number of carbonyl (C=O) groups is 2. The number of carboxylic acids is 1. The Morgan fingerprint density at radius 2 is 2.04 bits per heavy atom. The number of benzene rings is 1. The minimum atomic E-state index is -1.02. The van der Waals surface area contributed by atoms with E-state index in [4.69, 9.17) is 5.11 Å². The zero-order chi connectivity index (χ0) is 16.7. The molecule has 0 spiro atoms. The third-order valence-electron chi connectivity index (χ3n) is 3.60. The van der Waals surface area contributed by atoms with Gasteiger partial charge >= 0.3 is 5.97 Å². The highest BCUT2D eigenvalue weighted by Gasteiger charge is 2.10. The summed E-state index contributed by atoms with van der Waals surface area (Å²) in [6.07, 6.45) is 1.84. The van der Waals surface area contributed by atoms with Crippen molar-refractivity contribution in [2.45, 2.75) is 32.1 Å². The molecule has 1 amide bonds. The zero-order valence-electron chi connectivity index (χ0n) is 13.0. The Kier molecular flexibility index (Phi) is 6.29. The highest BCUT2D eigenvalue weighted by molar-refractivity contribution is 7.09. The van der Waals surface area contributed by atoms with Crippen LogP contribution in [-0.2, 0) is 11.2 Å². The Labute approximate surface area is 139 Å². The van der Waals surface area contributed by atoms with Gasteiger partial charge in [-0.3, -0.25) is 4.79 Å². The molecule has 2 aromatic rings. The van der Waals surface area contributed by atoms with Crippen molar-refractivity contribution in [2.24, 2.45) is 0 Å². The van der Waals surface area contributed by atoms with Crippen LogP contribution in [0.5, 0.6) is 0 Å². The zero-order valence-corrected chi connectivity index (χ0v) is 13.8. The van der Waals surface area contributed by atoms with E-state index in [2.05, 4.69) is 29.4 Å². The molecule has 0 saturated heterocycles. The Morgan fingerprint density at radius 1 is 1.30 bits per heavy atom. The van der Waals surface area contributed by atoms with Crippen LogP contribution in [0.15, 0.2) is 35.7 Å². The second-order valence-electron chi connectivity index (χ2n) is 5.38. The van der Waals surface area contributed by atoms with Crippen LogP contribution in [0.1, 0.15) is 46.7 Å². The van der Waals surface area contributed by atoms with Gasteiger partial charge in [0.1, 0.15) is 0 Å². The average Bonchev–Trinajstić information content (AvgIpc) is 3.02. The van der Waals surface area contributed by atoms with E-state index in [1.54, 1.807) is 0 Å². The quantitative estimate of drug-likeness (QED) is 0.778. The van der Waals surface area contributed by atoms with Gasteiger partial charge in [0, 0.05) is 24.8 Å². The molecule has 5 nitrogen and oxygen atoms in total. The lowest BCUT2D eigenvalue weighted by molar-refractivity contribution is -0.121. The molecule has 0 aliphatic heterocycles. The minimum absolute atomic E-state index is 0.0165. The van der Waals surface area contributed by atoms with Crippen molar-refractivity contribution in [3.8, 4) is 0 Å². The summed E-state index contributed by atoms with van der Waals surface area (Å²) in [6, 6.07) is 10.1. The molecule has 1 aromatic carbocycles. The minimum Gasteiger partial charge on any atom is -0.476 e. The Hall–Kier alpha value is -2.21. The van der Waals surface area contributed by atoms with Crippen LogP contribution in [0.25, 0.3) is 0 Å². The lowest BCUT2D eigenvalue weighted by Crippen LogP contribution is -2.25. The van der Waals surface area contributed by atoms with E-state index >= 15 is 0 Å². The standard InChI is InChI=1S/C17H20N2O3S/c1-12(13-5-3-2-4-6-13)7-8-15(20)18-10-9-16-19-14(11-23-16)17(21)22/h2-6,11-12H,7-10H2,1H3,(H,18,20)(H,21,22). The summed E-state index contributed by atoms with van der Waals surface area (Å²) in [5.74, 6) is -0.659. The molecule has 0 fully saturated rings. The molecule has 6 heteroatoms. The van der Waals surface area contributed by atoms with Gasteiger partial charge in [-0.15, -0.1) is 11.3 Å². The van der Waals surface area contributed by atoms with Gasteiger partial charge in [0.05, 0.1) is 5.01 Å². The smallest absolute Gasteiger partial charge is 0.355 e. The second kappa shape index (κ2) is 8.43. The fourth-order valence-electron chi connectivity index (χ4n) is 2.22. The summed E-state index contributed by atoms with van der Waals surface area (Å²) in [5.41, 5.74) is 1.30. The lowest BCUT2D eigenvalue weighted by atomic mass is 9.96. The maximum absolute atomic E-state index is 11.9. The molecule has 1 atom stereocenters. The lowest BCUT2D eigenvalue weighted by Gasteiger charge is -2.11. The predicted molar refractivity (Wildman–Crippen MR) is 89.9 cm³/mol. The van der Waals surface area contributed by atoms with Crippen molar-refractivity contribution < 1.29 is 14.7 Å². The highest BCUT2D eigenvalue weighted by Crippen LogP contribution is 2.19. The van der Waals surface area contributed by atoms with Crippen LogP contribution in [0.3, 0.4) is 0 Å². The molecule has 0 aliphatic rings.